The summed E-state index contributed by atoms with van der Waals surface area (Å²) in [6.45, 7) is 0. The van der Waals surface area contributed by atoms with Crippen LogP contribution in [0, 0.1) is 10.1 Å². The highest BCUT2D eigenvalue weighted by atomic mass is 79.9. The lowest BCUT2D eigenvalue weighted by Gasteiger charge is -2.05. The van der Waals surface area contributed by atoms with E-state index in [1.54, 1.807) is 24.4 Å². The van der Waals surface area contributed by atoms with Gasteiger partial charge >= 0.3 is 5.69 Å². The molecule has 0 saturated carbocycles. The van der Waals surface area contributed by atoms with Crippen LogP contribution in [-0.4, -0.2) is 9.91 Å². The van der Waals surface area contributed by atoms with Crippen LogP contribution in [0.2, 0.25) is 0 Å². The molecule has 0 spiro atoms. The van der Waals surface area contributed by atoms with Gasteiger partial charge in [0.25, 0.3) is 0 Å². The Bertz CT molecular complexity index is 587. The number of pyridine rings is 1. The van der Waals surface area contributed by atoms with Crippen molar-refractivity contribution >= 4 is 37.5 Å². The molecule has 1 aromatic carbocycles. The molecule has 92 valence electrons. The molecule has 5 nitrogen and oxygen atoms in total. The Morgan fingerprint density at radius 1 is 1.17 bits per heavy atom. The van der Waals surface area contributed by atoms with Crippen LogP contribution in [0.3, 0.4) is 0 Å². The third-order valence-corrected chi connectivity index (χ3v) is 2.99. The van der Waals surface area contributed by atoms with Gasteiger partial charge < -0.3 is 4.74 Å². The van der Waals surface area contributed by atoms with Gasteiger partial charge in [-0.15, -0.1) is 0 Å². The van der Waals surface area contributed by atoms with Crippen molar-refractivity contribution in [3.63, 3.8) is 0 Å². The molecule has 0 N–H and O–H groups in total. The molecule has 18 heavy (non-hydrogen) atoms. The van der Waals surface area contributed by atoms with E-state index in [2.05, 4.69) is 36.8 Å². The largest absolute Gasteiger partial charge is 0.432 e. The molecule has 0 amide bonds. The van der Waals surface area contributed by atoms with Gasteiger partial charge in [0.05, 0.1) is 4.92 Å². The SMILES string of the molecule is O=[N+]([O-])c1cc(Br)ccc1Oc1ccc(Br)cn1. The summed E-state index contributed by atoms with van der Waals surface area (Å²) >= 11 is 6.42. The molecule has 0 radical (unpaired) electrons. The second-order valence-electron chi connectivity index (χ2n) is 3.29. The van der Waals surface area contributed by atoms with Crippen LogP contribution in [0.1, 0.15) is 0 Å². The minimum absolute atomic E-state index is 0.117. The predicted molar refractivity (Wildman–Crippen MR) is 72.8 cm³/mol. The minimum Gasteiger partial charge on any atom is -0.432 e. The lowest BCUT2D eigenvalue weighted by Crippen LogP contribution is -1.94. The fourth-order valence-electron chi connectivity index (χ4n) is 1.25. The lowest BCUT2D eigenvalue weighted by atomic mass is 10.3. The number of nitro groups is 1. The number of nitro benzene ring substituents is 1. The molecule has 0 aliphatic heterocycles. The van der Waals surface area contributed by atoms with Gasteiger partial charge in [0.2, 0.25) is 11.6 Å². The monoisotopic (exact) mass is 372 g/mol. The Labute approximate surface area is 119 Å². The molecule has 2 rings (SSSR count). The fourth-order valence-corrected chi connectivity index (χ4v) is 1.84. The van der Waals surface area contributed by atoms with E-state index in [1.165, 1.54) is 12.1 Å². The number of nitrogens with zero attached hydrogens (tertiary/aromatic N) is 2. The first kappa shape index (κ1) is 13.0. The van der Waals surface area contributed by atoms with E-state index in [1.807, 2.05) is 0 Å². The number of ether oxygens (including phenoxy) is 1. The summed E-state index contributed by atoms with van der Waals surface area (Å²) in [4.78, 5) is 14.4. The van der Waals surface area contributed by atoms with Gasteiger partial charge in [-0.05, 0) is 34.1 Å². The molecule has 0 aliphatic carbocycles. The molecule has 1 heterocycles. The summed E-state index contributed by atoms with van der Waals surface area (Å²) in [6, 6.07) is 7.93. The normalized spacial score (nSPS) is 10.1. The molecule has 0 unspecified atom stereocenters. The number of halogens is 2. The molecule has 1 aromatic heterocycles. The number of hydrogen-bond donors (Lipinski definition) is 0. The molecule has 0 aliphatic rings. The Hall–Kier alpha value is -1.47. The molecule has 0 atom stereocenters. The van der Waals surface area contributed by atoms with E-state index in [4.69, 9.17) is 4.74 Å². The van der Waals surface area contributed by atoms with Gasteiger partial charge in [0.15, 0.2) is 0 Å². The summed E-state index contributed by atoms with van der Waals surface area (Å²) in [7, 11) is 0. The van der Waals surface area contributed by atoms with Gasteiger partial charge in [-0.3, -0.25) is 10.1 Å². The van der Waals surface area contributed by atoms with Gasteiger partial charge in [-0.2, -0.15) is 0 Å². The van der Waals surface area contributed by atoms with Crippen LogP contribution >= 0.6 is 31.9 Å². The third-order valence-electron chi connectivity index (χ3n) is 2.03. The second kappa shape index (κ2) is 5.45. The van der Waals surface area contributed by atoms with Crippen molar-refractivity contribution in [1.29, 1.82) is 0 Å². The van der Waals surface area contributed by atoms with Crippen molar-refractivity contribution in [3.8, 4) is 11.6 Å². The number of aromatic nitrogens is 1. The Kier molecular flexibility index (Phi) is 3.93. The second-order valence-corrected chi connectivity index (χ2v) is 5.12. The van der Waals surface area contributed by atoms with Gasteiger partial charge in [-0.1, -0.05) is 15.9 Å². The summed E-state index contributed by atoms with van der Waals surface area (Å²) in [5.74, 6) is 0.446. The van der Waals surface area contributed by atoms with Crippen molar-refractivity contribution < 1.29 is 9.66 Å². The predicted octanol–water partition coefficient (Wildman–Crippen LogP) is 4.31. The van der Waals surface area contributed by atoms with E-state index in [9.17, 15) is 10.1 Å². The van der Waals surface area contributed by atoms with Gasteiger partial charge in [0.1, 0.15) is 0 Å². The zero-order valence-electron chi connectivity index (χ0n) is 8.84. The number of rotatable bonds is 3. The molecular formula is C11H6Br2N2O3. The van der Waals surface area contributed by atoms with Crippen LogP contribution in [-0.2, 0) is 0 Å². The topological polar surface area (TPSA) is 65.3 Å². The molecule has 2 aromatic rings. The van der Waals surface area contributed by atoms with Crippen molar-refractivity contribution in [2.24, 2.45) is 0 Å². The first-order valence-electron chi connectivity index (χ1n) is 4.79. The fraction of sp³-hybridized carbons (Fsp3) is 0. The van der Waals surface area contributed by atoms with E-state index in [0.29, 0.717) is 10.4 Å². The van der Waals surface area contributed by atoms with Crippen LogP contribution in [0.25, 0.3) is 0 Å². The molecule has 0 fully saturated rings. The van der Waals surface area contributed by atoms with Crippen LogP contribution in [0.4, 0.5) is 5.69 Å². The highest BCUT2D eigenvalue weighted by molar-refractivity contribution is 9.10. The van der Waals surface area contributed by atoms with E-state index in [0.717, 1.165) is 4.47 Å². The number of benzene rings is 1. The van der Waals surface area contributed by atoms with Gasteiger partial charge in [0, 0.05) is 27.3 Å². The summed E-state index contributed by atoms with van der Waals surface area (Å²) in [6.07, 6.45) is 1.56. The van der Waals surface area contributed by atoms with Crippen LogP contribution in [0.5, 0.6) is 11.6 Å². The minimum atomic E-state index is -0.501. The van der Waals surface area contributed by atoms with Crippen molar-refractivity contribution in [2.75, 3.05) is 0 Å². The van der Waals surface area contributed by atoms with Crippen molar-refractivity contribution in [3.05, 3.63) is 55.6 Å². The zero-order valence-corrected chi connectivity index (χ0v) is 12.0. The first-order chi connectivity index (χ1) is 8.56. The number of hydrogen-bond acceptors (Lipinski definition) is 4. The highest BCUT2D eigenvalue weighted by Gasteiger charge is 2.16. The maximum atomic E-state index is 10.9. The Balaban J connectivity index is 2.34. The first-order valence-corrected chi connectivity index (χ1v) is 6.38. The molecule has 7 heteroatoms. The lowest BCUT2D eigenvalue weighted by molar-refractivity contribution is -0.385. The maximum Gasteiger partial charge on any atom is 0.312 e. The van der Waals surface area contributed by atoms with Crippen LogP contribution < -0.4 is 4.74 Å². The van der Waals surface area contributed by atoms with Crippen molar-refractivity contribution in [2.45, 2.75) is 0 Å². The summed E-state index contributed by atoms with van der Waals surface area (Å²) < 4.78 is 6.81. The molecule has 0 saturated heterocycles. The smallest absolute Gasteiger partial charge is 0.312 e. The third kappa shape index (κ3) is 3.05. The molecular weight excluding hydrogens is 368 g/mol. The van der Waals surface area contributed by atoms with Crippen LogP contribution in [0.15, 0.2) is 45.5 Å². The van der Waals surface area contributed by atoms with E-state index >= 15 is 0 Å². The molecule has 0 bridgehead atoms. The highest BCUT2D eigenvalue weighted by Crippen LogP contribution is 2.33. The zero-order chi connectivity index (χ0) is 13.1. The van der Waals surface area contributed by atoms with E-state index in [-0.39, 0.29) is 11.4 Å². The standard InChI is InChI=1S/C11H6Br2N2O3/c12-7-1-3-10(9(5-7)15(16)17)18-11-4-2-8(13)6-14-11/h1-6H. The average molecular weight is 374 g/mol. The van der Waals surface area contributed by atoms with Crippen molar-refractivity contribution in [1.82, 2.24) is 4.98 Å². The van der Waals surface area contributed by atoms with Gasteiger partial charge in [-0.25, -0.2) is 4.98 Å². The summed E-state index contributed by atoms with van der Waals surface area (Å²) in [5.41, 5.74) is -0.117. The Morgan fingerprint density at radius 2 is 1.89 bits per heavy atom. The summed E-state index contributed by atoms with van der Waals surface area (Å²) in [5, 5.41) is 10.9. The average Bonchev–Trinajstić information content (AvgIpc) is 2.34. The van der Waals surface area contributed by atoms with E-state index < -0.39 is 4.92 Å². The quantitative estimate of drug-likeness (QED) is 0.594. The maximum absolute atomic E-state index is 10.9. The Morgan fingerprint density at radius 3 is 2.50 bits per heavy atom.